The molecule has 0 aliphatic carbocycles. The van der Waals surface area contributed by atoms with Gasteiger partial charge < -0.3 is 9.67 Å². The van der Waals surface area contributed by atoms with Gasteiger partial charge in [-0.1, -0.05) is 18.2 Å². The predicted molar refractivity (Wildman–Crippen MR) is 71.5 cm³/mol. The zero-order valence-electron chi connectivity index (χ0n) is 10.9. The Morgan fingerprint density at radius 3 is 2.72 bits per heavy atom. The molecule has 1 aromatic heterocycles. The molecule has 0 amide bonds. The van der Waals surface area contributed by atoms with Crippen molar-refractivity contribution >= 4 is 16.9 Å². The lowest BCUT2D eigenvalue weighted by Gasteiger charge is -2.20. The van der Waals surface area contributed by atoms with Gasteiger partial charge in [-0.15, -0.1) is 0 Å². The van der Waals surface area contributed by atoms with E-state index in [1.807, 2.05) is 25.4 Å². The number of para-hydroxylation sites is 1. The van der Waals surface area contributed by atoms with Crippen molar-refractivity contribution in [3.8, 4) is 0 Å². The number of aryl methyl sites for hydroxylation is 1. The number of carboxylic acids is 1. The fourth-order valence-electron chi connectivity index (χ4n) is 1.96. The van der Waals surface area contributed by atoms with E-state index in [4.69, 9.17) is 5.11 Å². The molecular formula is C14H18N2O2. The molecule has 0 aliphatic heterocycles. The first-order chi connectivity index (χ1) is 8.42. The van der Waals surface area contributed by atoms with Crippen LogP contribution in [0.2, 0.25) is 0 Å². The number of nitrogens with zero attached hydrogens (tertiary/aromatic N) is 1. The molecule has 4 heteroatoms. The van der Waals surface area contributed by atoms with Gasteiger partial charge in [-0.25, -0.2) is 0 Å². The van der Waals surface area contributed by atoms with Gasteiger partial charge in [-0.3, -0.25) is 10.1 Å². The molecule has 96 valence electrons. The Hall–Kier alpha value is -1.81. The van der Waals surface area contributed by atoms with Crippen molar-refractivity contribution in [1.29, 1.82) is 0 Å². The quantitative estimate of drug-likeness (QED) is 0.869. The van der Waals surface area contributed by atoms with Crippen molar-refractivity contribution in [2.45, 2.75) is 25.9 Å². The van der Waals surface area contributed by atoms with Gasteiger partial charge in [-0.05, 0) is 25.5 Å². The van der Waals surface area contributed by atoms with Crippen molar-refractivity contribution in [2.75, 3.05) is 0 Å². The minimum absolute atomic E-state index is 0.542. The number of benzene rings is 1. The van der Waals surface area contributed by atoms with E-state index in [9.17, 15) is 4.79 Å². The molecule has 4 nitrogen and oxygen atoms in total. The van der Waals surface area contributed by atoms with E-state index in [0.29, 0.717) is 6.54 Å². The van der Waals surface area contributed by atoms with Crippen molar-refractivity contribution in [2.24, 2.45) is 7.05 Å². The van der Waals surface area contributed by atoms with Gasteiger partial charge >= 0.3 is 5.97 Å². The summed E-state index contributed by atoms with van der Waals surface area (Å²) in [5.74, 6) is -0.845. The van der Waals surface area contributed by atoms with E-state index in [1.165, 1.54) is 0 Å². The number of nitrogens with one attached hydrogen (secondary N) is 1. The SMILES string of the molecule is Cn1cc(CNC(C)(C)C(=O)O)c2ccccc21. The van der Waals surface area contributed by atoms with Crippen LogP contribution in [-0.2, 0) is 18.4 Å². The van der Waals surface area contributed by atoms with Crippen LogP contribution in [0.15, 0.2) is 30.5 Å². The monoisotopic (exact) mass is 246 g/mol. The average molecular weight is 246 g/mol. The third-order valence-corrected chi connectivity index (χ3v) is 3.23. The number of hydrogen-bond acceptors (Lipinski definition) is 2. The highest BCUT2D eigenvalue weighted by molar-refractivity contribution is 5.84. The molecule has 0 bridgehead atoms. The summed E-state index contributed by atoms with van der Waals surface area (Å²) in [4.78, 5) is 11.0. The molecule has 0 atom stereocenters. The standard InChI is InChI=1S/C14H18N2O2/c1-14(2,13(17)18)15-8-10-9-16(3)12-7-5-4-6-11(10)12/h4-7,9,15H,8H2,1-3H3,(H,17,18). The van der Waals surface area contributed by atoms with Gasteiger partial charge in [-0.2, -0.15) is 0 Å². The van der Waals surface area contributed by atoms with Crippen molar-refractivity contribution < 1.29 is 9.90 Å². The number of fused-ring (bicyclic) bond motifs is 1. The predicted octanol–water partition coefficient (Wildman–Crippen LogP) is 2.13. The molecule has 18 heavy (non-hydrogen) atoms. The highest BCUT2D eigenvalue weighted by Crippen LogP contribution is 2.20. The Morgan fingerprint density at radius 2 is 2.06 bits per heavy atom. The molecule has 0 aliphatic rings. The topological polar surface area (TPSA) is 54.3 Å². The molecule has 2 rings (SSSR count). The van der Waals surface area contributed by atoms with E-state index in [-0.39, 0.29) is 0 Å². The summed E-state index contributed by atoms with van der Waals surface area (Å²) >= 11 is 0. The smallest absolute Gasteiger partial charge is 0.323 e. The average Bonchev–Trinajstić information content (AvgIpc) is 2.65. The second-order valence-electron chi connectivity index (χ2n) is 5.07. The number of rotatable bonds is 4. The van der Waals surface area contributed by atoms with Crippen LogP contribution in [0.5, 0.6) is 0 Å². The third kappa shape index (κ3) is 2.24. The van der Waals surface area contributed by atoms with Crippen molar-refractivity contribution in [3.05, 3.63) is 36.0 Å². The maximum atomic E-state index is 11.0. The van der Waals surface area contributed by atoms with Crippen molar-refractivity contribution in [3.63, 3.8) is 0 Å². The third-order valence-electron chi connectivity index (χ3n) is 3.23. The molecule has 0 unspecified atom stereocenters. The van der Waals surface area contributed by atoms with Crippen LogP contribution in [0.3, 0.4) is 0 Å². The highest BCUT2D eigenvalue weighted by Gasteiger charge is 2.26. The molecule has 0 saturated heterocycles. The largest absolute Gasteiger partial charge is 0.480 e. The van der Waals surface area contributed by atoms with Gasteiger partial charge in [0.05, 0.1) is 0 Å². The Bertz CT molecular complexity index is 584. The maximum Gasteiger partial charge on any atom is 0.323 e. The van der Waals surface area contributed by atoms with Crippen LogP contribution < -0.4 is 5.32 Å². The van der Waals surface area contributed by atoms with Crippen LogP contribution in [0.1, 0.15) is 19.4 Å². The zero-order valence-corrected chi connectivity index (χ0v) is 10.9. The minimum atomic E-state index is -0.920. The molecule has 0 saturated carbocycles. The Labute approximate surface area is 106 Å². The number of carboxylic acid groups (broad SMARTS) is 1. The molecule has 2 aromatic rings. The summed E-state index contributed by atoms with van der Waals surface area (Å²) < 4.78 is 2.06. The fraction of sp³-hybridized carbons (Fsp3) is 0.357. The van der Waals surface area contributed by atoms with E-state index >= 15 is 0 Å². The lowest BCUT2D eigenvalue weighted by Crippen LogP contribution is -2.46. The molecule has 0 radical (unpaired) electrons. The van der Waals surface area contributed by atoms with Crippen LogP contribution in [0, 0.1) is 0 Å². The number of hydrogen-bond donors (Lipinski definition) is 2. The van der Waals surface area contributed by atoms with Gasteiger partial charge in [0.1, 0.15) is 5.54 Å². The lowest BCUT2D eigenvalue weighted by atomic mass is 10.1. The van der Waals surface area contributed by atoms with Crippen LogP contribution in [0.4, 0.5) is 0 Å². The van der Waals surface area contributed by atoms with Crippen LogP contribution in [0.25, 0.3) is 10.9 Å². The number of aliphatic carboxylic acids is 1. The Balaban J connectivity index is 2.25. The molecule has 2 N–H and O–H groups in total. The lowest BCUT2D eigenvalue weighted by molar-refractivity contribution is -0.143. The van der Waals surface area contributed by atoms with E-state index in [2.05, 4.69) is 22.0 Å². The van der Waals surface area contributed by atoms with Gasteiger partial charge in [0.2, 0.25) is 0 Å². The van der Waals surface area contributed by atoms with Gasteiger partial charge in [0, 0.05) is 30.7 Å². The first-order valence-corrected chi connectivity index (χ1v) is 5.93. The summed E-state index contributed by atoms with van der Waals surface area (Å²) in [5.41, 5.74) is 1.35. The first kappa shape index (κ1) is 12.6. The summed E-state index contributed by atoms with van der Waals surface area (Å²) in [5, 5.41) is 13.3. The number of carbonyl (C=O) groups is 1. The Kier molecular flexibility index (Phi) is 3.13. The molecule has 0 fully saturated rings. The van der Waals surface area contributed by atoms with Crippen LogP contribution in [-0.4, -0.2) is 21.2 Å². The van der Waals surface area contributed by atoms with Gasteiger partial charge in [0.15, 0.2) is 0 Å². The van der Waals surface area contributed by atoms with Crippen LogP contribution >= 0.6 is 0 Å². The van der Waals surface area contributed by atoms with E-state index in [0.717, 1.165) is 16.5 Å². The molecule has 1 heterocycles. The van der Waals surface area contributed by atoms with E-state index < -0.39 is 11.5 Å². The summed E-state index contributed by atoms with van der Waals surface area (Å²) in [6, 6.07) is 8.11. The summed E-state index contributed by atoms with van der Waals surface area (Å²) in [6.45, 7) is 3.88. The zero-order chi connectivity index (χ0) is 13.3. The normalized spacial score (nSPS) is 11.9. The molecule has 1 aromatic carbocycles. The fourth-order valence-corrected chi connectivity index (χ4v) is 1.96. The second kappa shape index (κ2) is 4.46. The Morgan fingerprint density at radius 1 is 1.39 bits per heavy atom. The second-order valence-corrected chi connectivity index (χ2v) is 5.07. The van der Waals surface area contributed by atoms with Crippen molar-refractivity contribution in [1.82, 2.24) is 9.88 Å². The molecular weight excluding hydrogens is 228 g/mol. The maximum absolute atomic E-state index is 11.0. The molecule has 0 spiro atoms. The van der Waals surface area contributed by atoms with E-state index in [1.54, 1.807) is 13.8 Å². The highest BCUT2D eigenvalue weighted by atomic mass is 16.4. The first-order valence-electron chi connectivity index (χ1n) is 5.93. The summed E-state index contributed by atoms with van der Waals surface area (Å²) in [6.07, 6.45) is 2.04. The van der Waals surface area contributed by atoms with Gasteiger partial charge in [0.25, 0.3) is 0 Å². The minimum Gasteiger partial charge on any atom is -0.480 e. The number of aromatic nitrogens is 1. The summed E-state index contributed by atoms with van der Waals surface area (Å²) in [7, 11) is 1.99.